The molecule has 1 saturated heterocycles. The van der Waals surface area contributed by atoms with Gasteiger partial charge in [0.25, 0.3) is 5.91 Å². The zero-order valence-electron chi connectivity index (χ0n) is 15.5. The molecule has 0 bridgehead atoms. The zero-order valence-corrected chi connectivity index (χ0v) is 15.5. The molecule has 8 nitrogen and oxygen atoms in total. The Balaban J connectivity index is 1.73. The molecule has 144 valence electrons. The molecule has 1 atom stereocenters. The highest BCUT2D eigenvalue weighted by molar-refractivity contribution is 6.07. The van der Waals surface area contributed by atoms with Gasteiger partial charge < -0.3 is 15.7 Å². The van der Waals surface area contributed by atoms with Crippen molar-refractivity contribution in [2.24, 2.45) is 0 Å². The summed E-state index contributed by atoms with van der Waals surface area (Å²) in [5, 5.41) is 23.3. The van der Waals surface area contributed by atoms with Crippen LogP contribution in [0, 0.1) is 0 Å². The molecule has 0 radical (unpaired) electrons. The van der Waals surface area contributed by atoms with Crippen LogP contribution in [0.3, 0.4) is 0 Å². The van der Waals surface area contributed by atoms with Crippen LogP contribution in [0.1, 0.15) is 35.8 Å². The molecule has 4 N–H and O–H groups in total. The molecule has 28 heavy (non-hydrogen) atoms. The van der Waals surface area contributed by atoms with Crippen LogP contribution in [0.15, 0.2) is 30.3 Å². The Kier molecular flexibility index (Phi) is 4.68. The number of aryl methyl sites for hydroxylation is 1. The number of aromatic amines is 1. The molecule has 3 aromatic rings. The van der Waals surface area contributed by atoms with Crippen LogP contribution < -0.4 is 10.6 Å². The maximum absolute atomic E-state index is 13.1. The predicted octanol–water partition coefficient (Wildman–Crippen LogP) is 1.90. The van der Waals surface area contributed by atoms with Crippen molar-refractivity contribution in [3.05, 3.63) is 41.6 Å². The van der Waals surface area contributed by atoms with Crippen molar-refractivity contribution in [3.63, 3.8) is 0 Å². The van der Waals surface area contributed by atoms with E-state index in [9.17, 15) is 14.7 Å². The van der Waals surface area contributed by atoms with E-state index in [4.69, 9.17) is 0 Å². The van der Waals surface area contributed by atoms with Gasteiger partial charge in [0.15, 0.2) is 5.65 Å². The molecule has 8 heteroatoms. The van der Waals surface area contributed by atoms with E-state index in [-0.39, 0.29) is 23.6 Å². The fourth-order valence-electron chi connectivity index (χ4n) is 3.42. The second-order valence-corrected chi connectivity index (χ2v) is 6.87. The van der Waals surface area contributed by atoms with Gasteiger partial charge in [0.05, 0.1) is 16.6 Å². The highest BCUT2D eigenvalue weighted by atomic mass is 16.3. The summed E-state index contributed by atoms with van der Waals surface area (Å²) in [4.78, 5) is 29.0. The fraction of sp³-hybridized carbons (Fsp3) is 0.300. The van der Waals surface area contributed by atoms with E-state index >= 15 is 0 Å². The van der Waals surface area contributed by atoms with Crippen LogP contribution >= 0.6 is 0 Å². The summed E-state index contributed by atoms with van der Waals surface area (Å²) in [7, 11) is 0. The summed E-state index contributed by atoms with van der Waals surface area (Å²) in [6.45, 7) is 2.41. The number of nitrogens with one attached hydrogen (secondary N) is 3. The largest absolute Gasteiger partial charge is 0.508 e. The Morgan fingerprint density at radius 1 is 1.32 bits per heavy atom. The second kappa shape index (κ2) is 7.30. The van der Waals surface area contributed by atoms with Crippen molar-refractivity contribution in [1.29, 1.82) is 0 Å². The number of fused-ring (bicyclic) bond motifs is 1. The molecule has 2 aromatic heterocycles. The quantitative estimate of drug-likeness (QED) is 0.552. The molecule has 1 aliphatic heterocycles. The van der Waals surface area contributed by atoms with Gasteiger partial charge in [-0.25, -0.2) is 4.98 Å². The van der Waals surface area contributed by atoms with Crippen LogP contribution in [0.2, 0.25) is 0 Å². The number of amides is 2. The van der Waals surface area contributed by atoms with E-state index in [0.29, 0.717) is 48.1 Å². The smallest absolute Gasteiger partial charge is 0.252 e. The normalized spacial score (nSPS) is 16.8. The average molecular weight is 379 g/mol. The van der Waals surface area contributed by atoms with Crippen molar-refractivity contribution in [2.75, 3.05) is 6.54 Å². The summed E-state index contributed by atoms with van der Waals surface area (Å²) in [5.41, 5.74) is 3.20. The van der Waals surface area contributed by atoms with Crippen LogP contribution in [-0.4, -0.2) is 44.7 Å². The van der Waals surface area contributed by atoms with Gasteiger partial charge in [0.2, 0.25) is 5.91 Å². The van der Waals surface area contributed by atoms with Crippen molar-refractivity contribution >= 4 is 22.8 Å². The van der Waals surface area contributed by atoms with E-state index in [1.807, 2.05) is 6.92 Å². The van der Waals surface area contributed by atoms with E-state index < -0.39 is 0 Å². The minimum absolute atomic E-state index is 0.00882. The molecule has 1 fully saturated rings. The first kappa shape index (κ1) is 18.0. The van der Waals surface area contributed by atoms with Crippen LogP contribution in [-0.2, 0) is 11.2 Å². The van der Waals surface area contributed by atoms with Gasteiger partial charge >= 0.3 is 0 Å². The van der Waals surface area contributed by atoms with Gasteiger partial charge in [-0.05, 0) is 43.2 Å². The van der Waals surface area contributed by atoms with E-state index in [2.05, 4.69) is 25.8 Å². The lowest BCUT2D eigenvalue weighted by Gasteiger charge is -2.23. The van der Waals surface area contributed by atoms with E-state index in [1.54, 1.807) is 30.3 Å². The number of hydrogen-bond donors (Lipinski definition) is 4. The molecule has 1 aliphatic rings. The molecular formula is C20H21N5O3. The maximum atomic E-state index is 13.1. The summed E-state index contributed by atoms with van der Waals surface area (Å²) in [5.74, 6) is -0.0469. The standard InChI is InChI=1S/C20H21N5O3/c1-2-15-18-14(20(28)22-12-5-8-17(27)21-10-12)9-16(23-19(18)25-24-15)11-3-6-13(26)7-4-11/h3-4,6-7,9,12,26H,2,5,8,10H2,1H3,(H,21,27)(H,22,28)(H,23,24,25)/t12-/m1/s1. The third-order valence-corrected chi connectivity index (χ3v) is 4.96. The topological polar surface area (TPSA) is 120 Å². The van der Waals surface area contributed by atoms with Crippen LogP contribution in [0.5, 0.6) is 5.75 Å². The maximum Gasteiger partial charge on any atom is 0.252 e. The lowest BCUT2D eigenvalue weighted by molar-refractivity contribution is -0.122. The number of rotatable bonds is 4. The number of phenols is 1. The van der Waals surface area contributed by atoms with Crippen molar-refractivity contribution < 1.29 is 14.7 Å². The van der Waals surface area contributed by atoms with Crippen LogP contribution in [0.4, 0.5) is 0 Å². The van der Waals surface area contributed by atoms with Crippen molar-refractivity contribution in [1.82, 2.24) is 25.8 Å². The Bertz CT molecular complexity index is 1030. The summed E-state index contributed by atoms with van der Waals surface area (Å²) < 4.78 is 0. The number of carbonyl (C=O) groups excluding carboxylic acids is 2. The Hall–Kier alpha value is -3.42. The SMILES string of the molecule is CCc1[nH]nc2nc(-c3ccc(O)cc3)cc(C(=O)N[C@@H]3CCC(=O)NC3)c12. The number of aromatic nitrogens is 3. The first-order chi connectivity index (χ1) is 13.5. The average Bonchev–Trinajstić information content (AvgIpc) is 3.12. The lowest BCUT2D eigenvalue weighted by Crippen LogP contribution is -2.47. The zero-order chi connectivity index (χ0) is 19.7. The lowest BCUT2D eigenvalue weighted by atomic mass is 10.0. The molecule has 0 unspecified atom stereocenters. The number of hydrogen-bond acceptors (Lipinski definition) is 5. The summed E-state index contributed by atoms with van der Waals surface area (Å²) in [6.07, 6.45) is 1.71. The molecule has 1 aromatic carbocycles. The molecule has 0 aliphatic carbocycles. The summed E-state index contributed by atoms with van der Waals surface area (Å²) >= 11 is 0. The van der Waals surface area contributed by atoms with Crippen molar-refractivity contribution in [2.45, 2.75) is 32.2 Å². The molecular weight excluding hydrogens is 358 g/mol. The molecule has 3 heterocycles. The molecule has 0 saturated carbocycles. The minimum Gasteiger partial charge on any atom is -0.508 e. The monoisotopic (exact) mass is 379 g/mol. The van der Waals surface area contributed by atoms with Gasteiger partial charge in [-0.3, -0.25) is 14.7 Å². The molecule has 4 rings (SSSR count). The predicted molar refractivity (Wildman–Crippen MR) is 104 cm³/mol. The highest BCUT2D eigenvalue weighted by Crippen LogP contribution is 2.27. The second-order valence-electron chi connectivity index (χ2n) is 6.87. The number of phenolic OH excluding ortho intramolecular Hbond substituents is 1. The summed E-state index contributed by atoms with van der Waals surface area (Å²) in [6, 6.07) is 8.29. The molecule has 2 amide bonds. The van der Waals surface area contributed by atoms with Crippen LogP contribution in [0.25, 0.3) is 22.3 Å². The number of pyridine rings is 1. The number of piperidine rings is 1. The fourth-order valence-corrected chi connectivity index (χ4v) is 3.42. The Morgan fingerprint density at radius 3 is 2.79 bits per heavy atom. The highest BCUT2D eigenvalue weighted by Gasteiger charge is 2.23. The Morgan fingerprint density at radius 2 is 2.11 bits per heavy atom. The number of carbonyl (C=O) groups is 2. The number of nitrogens with zero attached hydrogens (tertiary/aromatic N) is 2. The van der Waals surface area contributed by atoms with Gasteiger partial charge in [-0.1, -0.05) is 6.92 Å². The van der Waals surface area contributed by atoms with Gasteiger partial charge in [-0.15, -0.1) is 0 Å². The third-order valence-electron chi connectivity index (χ3n) is 4.96. The number of benzene rings is 1. The van der Waals surface area contributed by atoms with Crippen molar-refractivity contribution in [3.8, 4) is 17.0 Å². The minimum atomic E-state index is -0.218. The Labute approximate surface area is 161 Å². The van der Waals surface area contributed by atoms with E-state index in [0.717, 1.165) is 11.3 Å². The van der Waals surface area contributed by atoms with E-state index in [1.165, 1.54) is 0 Å². The number of H-pyrrole nitrogens is 1. The third kappa shape index (κ3) is 3.40. The van der Waals surface area contributed by atoms with Gasteiger partial charge in [-0.2, -0.15) is 5.10 Å². The first-order valence-electron chi connectivity index (χ1n) is 9.30. The number of aromatic hydroxyl groups is 1. The van der Waals surface area contributed by atoms with Gasteiger partial charge in [0.1, 0.15) is 5.75 Å². The first-order valence-corrected chi connectivity index (χ1v) is 9.30. The van der Waals surface area contributed by atoms with Gasteiger partial charge in [0, 0.05) is 30.3 Å². The molecule has 0 spiro atoms.